The first kappa shape index (κ1) is 20.6. The predicted octanol–water partition coefficient (Wildman–Crippen LogP) is 3.81. The van der Waals surface area contributed by atoms with Crippen molar-refractivity contribution in [2.24, 2.45) is 0 Å². The number of carbonyl (C=O) groups excluding carboxylic acids is 1. The molecule has 2 aliphatic rings. The van der Waals surface area contributed by atoms with Gasteiger partial charge in [0.15, 0.2) is 5.76 Å². The lowest BCUT2D eigenvalue weighted by molar-refractivity contribution is -0.153. The summed E-state index contributed by atoms with van der Waals surface area (Å²) >= 11 is 2.30. The van der Waals surface area contributed by atoms with Gasteiger partial charge in [-0.15, -0.1) is 0 Å². The minimum absolute atomic E-state index is 0.0196. The van der Waals surface area contributed by atoms with Crippen LogP contribution in [0.2, 0.25) is 0 Å². The molecule has 2 atom stereocenters. The topological polar surface area (TPSA) is 59.0 Å². The molecular formula is C21H28INO4. The second-order valence-electron chi connectivity index (χ2n) is 7.13. The molecule has 148 valence electrons. The summed E-state index contributed by atoms with van der Waals surface area (Å²) in [6, 6.07) is 8.39. The van der Waals surface area contributed by atoms with Crippen LogP contribution >= 0.6 is 22.6 Å². The van der Waals surface area contributed by atoms with Crippen molar-refractivity contribution >= 4 is 28.5 Å². The fourth-order valence-electron chi connectivity index (χ4n) is 3.53. The average Bonchev–Trinajstić information content (AvgIpc) is 2.71. The smallest absolute Gasteiger partial charge is 0.288 e. The van der Waals surface area contributed by atoms with Crippen molar-refractivity contribution in [3.63, 3.8) is 0 Å². The van der Waals surface area contributed by atoms with Crippen LogP contribution in [0, 0.1) is 3.57 Å². The molecule has 1 N–H and O–H groups in total. The van der Waals surface area contributed by atoms with E-state index in [0.29, 0.717) is 25.2 Å². The van der Waals surface area contributed by atoms with E-state index in [1.807, 2.05) is 11.0 Å². The van der Waals surface area contributed by atoms with Gasteiger partial charge in [-0.2, -0.15) is 0 Å². The summed E-state index contributed by atoms with van der Waals surface area (Å²) in [7, 11) is 0. The minimum atomic E-state index is -0.429. The van der Waals surface area contributed by atoms with Crippen molar-refractivity contribution in [2.75, 3.05) is 26.3 Å². The maximum Gasteiger partial charge on any atom is 0.288 e. The number of piperidine rings is 1. The summed E-state index contributed by atoms with van der Waals surface area (Å²) in [5, 5.41) is 8.93. The monoisotopic (exact) mass is 485 g/mol. The zero-order valence-corrected chi connectivity index (χ0v) is 17.8. The van der Waals surface area contributed by atoms with Crippen LogP contribution in [0.3, 0.4) is 0 Å². The number of halogens is 1. The highest BCUT2D eigenvalue weighted by Gasteiger charge is 2.31. The number of likely N-dealkylation sites (tertiary alicyclic amines) is 1. The number of benzene rings is 1. The molecule has 2 aliphatic heterocycles. The van der Waals surface area contributed by atoms with Crippen molar-refractivity contribution in [3.05, 3.63) is 45.2 Å². The number of nitrogens with zero attached hydrogens (tertiary/aromatic N) is 1. The van der Waals surface area contributed by atoms with E-state index in [1.54, 1.807) is 0 Å². The molecule has 0 spiro atoms. The van der Waals surface area contributed by atoms with E-state index in [0.717, 1.165) is 32.4 Å². The first-order valence-electron chi connectivity index (χ1n) is 9.83. The number of ether oxygens (including phenoxy) is 2. The van der Waals surface area contributed by atoms with Gasteiger partial charge in [0.05, 0.1) is 6.61 Å². The Balaban J connectivity index is 1.73. The highest BCUT2D eigenvalue weighted by molar-refractivity contribution is 14.1. The van der Waals surface area contributed by atoms with Gasteiger partial charge in [0.2, 0.25) is 6.29 Å². The molecule has 0 unspecified atom stereocenters. The molecule has 5 nitrogen and oxygen atoms in total. The third-order valence-corrected chi connectivity index (χ3v) is 5.78. The maximum atomic E-state index is 12.9. The van der Waals surface area contributed by atoms with Gasteiger partial charge in [-0.05, 0) is 78.5 Å². The van der Waals surface area contributed by atoms with E-state index in [1.165, 1.54) is 15.6 Å². The second-order valence-corrected chi connectivity index (χ2v) is 8.37. The van der Waals surface area contributed by atoms with Gasteiger partial charge in [-0.1, -0.05) is 12.1 Å². The molecule has 0 radical (unpaired) electrons. The zero-order valence-electron chi connectivity index (χ0n) is 15.6. The Kier molecular flexibility index (Phi) is 7.96. The van der Waals surface area contributed by atoms with Crippen LogP contribution in [0.4, 0.5) is 0 Å². The van der Waals surface area contributed by atoms with Crippen molar-refractivity contribution in [3.8, 4) is 0 Å². The molecule has 3 rings (SSSR count). The molecule has 0 aromatic heterocycles. The number of amides is 1. The standard InChI is InChI=1S/C21H28INO4/c22-18-8-6-16(7-9-18)17-14-19(21(25)23-10-2-1-3-11-23)27-20(15-17)26-13-5-4-12-24/h6-9,14,17,20,24H,1-5,10-13,15H2/t17-,20+/m0/s1. The van der Waals surface area contributed by atoms with Crippen LogP contribution in [0.5, 0.6) is 0 Å². The Bertz CT molecular complexity index is 640. The van der Waals surface area contributed by atoms with Crippen LogP contribution in [-0.2, 0) is 14.3 Å². The molecule has 1 aromatic carbocycles. The van der Waals surface area contributed by atoms with E-state index in [9.17, 15) is 4.79 Å². The number of hydrogen-bond donors (Lipinski definition) is 1. The second kappa shape index (κ2) is 10.4. The fraction of sp³-hybridized carbons (Fsp3) is 0.571. The zero-order chi connectivity index (χ0) is 19.1. The van der Waals surface area contributed by atoms with Gasteiger partial charge in [-0.25, -0.2) is 0 Å². The number of rotatable bonds is 7. The molecule has 27 heavy (non-hydrogen) atoms. The van der Waals surface area contributed by atoms with Crippen molar-refractivity contribution in [1.82, 2.24) is 4.90 Å². The van der Waals surface area contributed by atoms with Gasteiger partial charge in [-0.3, -0.25) is 4.79 Å². The van der Waals surface area contributed by atoms with Crippen molar-refractivity contribution in [2.45, 2.75) is 50.7 Å². The van der Waals surface area contributed by atoms with Crippen LogP contribution in [0.1, 0.15) is 50.0 Å². The number of aliphatic hydroxyl groups excluding tert-OH is 1. The van der Waals surface area contributed by atoms with Crippen molar-refractivity contribution < 1.29 is 19.4 Å². The van der Waals surface area contributed by atoms with Crippen LogP contribution < -0.4 is 0 Å². The first-order valence-corrected chi connectivity index (χ1v) is 10.9. The first-order chi connectivity index (χ1) is 13.2. The van der Waals surface area contributed by atoms with Gasteiger partial charge >= 0.3 is 0 Å². The van der Waals surface area contributed by atoms with Gasteiger partial charge in [0.25, 0.3) is 5.91 Å². The van der Waals surface area contributed by atoms with E-state index >= 15 is 0 Å². The summed E-state index contributed by atoms with van der Waals surface area (Å²) in [5.74, 6) is 0.495. The minimum Gasteiger partial charge on any atom is -0.459 e. The summed E-state index contributed by atoms with van der Waals surface area (Å²) in [4.78, 5) is 14.8. The van der Waals surface area contributed by atoms with E-state index in [4.69, 9.17) is 14.6 Å². The number of hydrogen-bond acceptors (Lipinski definition) is 4. The third kappa shape index (κ3) is 5.93. The molecule has 1 saturated heterocycles. The predicted molar refractivity (Wildman–Crippen MR) is 112 cm³/mol. The highest BCUT2D eigenvalue weighted by atomic mass is 127. The van der Waals surface area contributed by atoms with Crippen LogP contribution in [0.25, 0.3) is 0 Å². The Hall–Kier alpha value is -1.12. The van der Waals surface area contributed by atoms with E-state index < -0.39 is 6.29 Å². The Morgan fingerprint density at radius 3 is 2.63 bits per heavy atom. The summed E-state index contributed by atoms with van der Waals surface area (Å²) in [6.45, 7) is 2.29. The molecular weight excluding hydrogens is 457 g/mol. The maximum absolute atomic E-state index is 12.9. The molecule has 0 bridgehead atoms. The lowest BCUT2D eigenvalue weighted by atomic mass is 9.93. The van der Waals surface area contributed by atoms with Gasteiger partial charge in [0.1, 0.15) is 0 Å². The normalized spacial score (nSPS) is 22.9. The summed E-state index contributed by atoms with van der Waals surface area (Å²) in [5.41, 5.74) is 1.17. The van der Waals surface area contributed by atoms with Crippen molar-refractivity contribution in [1.29, 1.82) is 0 Å². The Labute approximate surface area is 174 Å². The number of aliphatic hydroxyl groups is 1. The molecule has 0 saturated carbocycles. The summed E-state index contributed by atoms with van der Waals surface area (Å²) < 4.78 is 13.0. The van der Waals surface area contributed by atoms with E-state index in [-0.39, 0.29) is 18.4 Å². The average molecular weight is 485 g/mol. The Morgan fingerprint density at radius 1 is 1.19 bits per heavy atom. The van der Waals surface area contributed by atoms with Crippen LogP contribution in [0.15, 0.2) is 36.1 Å². The summed E-state index contributed by atoms with van der Waals surface area (Å²) in [6.07, 6.45) is 7.02. The molecule has 1 aromatic rings. The highest BCUT2D eigenvalue weighted by Crippen LogP contribution is 2.32. The molecule has 2 heterocycles. The SMILES string of the molecule is O=C(C1=C[C@H](c2ccc(I)cc2)C[C@H](OCCCCO)O1)N1CCCCC1. The van der Waals surface area contributed by atoms with Gasteiger partial charge < -0.3 is 19.5 Å². The third-order valence-electron chi connectivity index (χ3n) is 5.07. The van der Waals surface area contributed by atoms with Crippen LogP contribution in [-0.4, -0.2) is 48.5 Å². The molecule has 1 fully saturated rings. The Morgan fingerprint density at radius 2 is 1.93 bits per heavy atom. The lowest BCUT2D eigenvalue weighted by Crippen LogP contribution is -2.39. The van der Waals surface area contributed by atoms with E-state index in [2.05, 4.69) is 46.9 Å². The number of unbranched alkanes of at least 4 members (excludes halogenated alkanes) is 1. The number of allylic oxidation sites excluding steroid dienone is 1. The molecule has 1 amide bonds. The van der Waals surface area contributed by atoms with Gasteiger partial charge in [0, 0.05) is 35.6 Å². The molecule has 6 heteroatoms. The largest absolute Gasteiger partial charge is 0.459 e. The molecule has 0 aliphatic carbocycles. The lowest BCUT2D eigenvalue weighted by Gasteiger charge is -2.33. The quantitative estimate of drug-likeness (QED) is 0.472. The fourth-order valence-corrected chi connectivity index (χ4v) is 3.89. The number of carbonyl (C=O) groups is 1.